The van der Waals surface area contributed by atoms with Crippen LogP contribution in [-0.2, 0) is 9.47 Å². The van der Waals surface area contributed by atoms with Crippen LogP contribution in [0.5, 0.6) is 5.75 Å². The summed E-state index contributed by atoms with van der Waals surface area (Å²) in [5.41, 5.74) is -0.581. The van der Waals surface area contributed by atoms with Crippen LogP contribution in [-0.4, -0.2) is 62.0 Å². The van der Waals surface area contributed by atoms with Crippen LogP contribution in [0.3, 0.4) is 0 Å². The van der Waals surface area contributed by atoms with E-state index in [1.54, 1.807) is 4.90 Å². The molecular weight excluding hydrogens is 372 g/mol. The second kappa shape index (κ2) is 6.63. The van der Waals surface area contributed by atoms with Gasteiger partial charge in [0.15, 0.2) is 0 Å². The lowest BCUT2D eigenvalue weighted by atomic mass is 10.0. The number of nitrogens with zero attached hydrogens (tertiary/aromatic N) is 1. The molecule has 0 amide bonds. The van der Waals surface area contributed by atoms with Crippen molar-refractivity contribution >= 4 is 15.9 Å². The number of rotatable bonds is 5. The summed E-state index contributed by atoms with van der Waals surface area (Å²) in [4.78, 5) is 1.70. The lowest BCUT2D eigenvalue weighted by Gasteiger charge is -2.46. The number of benzene rings is 1. The topological polar surface area (TPSA) is 30.9 Å². The summed E-state index contributed by atoms with van der Waals surface area (Å²) in [6, 6.07) is 7.55. The molecule has 1 aromatic carbocycles. The Labute approximate surface area is 142 Å². The Hall–Kier alpha value is -0.760. The molecule has 1 aromatic rings. The van der Waals surface area contributed by atoms with Gasteiger partial charge in [-0.25, -0.2) is 8.78 Å². The van der Waals surface area contributed by atoms with Gasteiger partial charge >= 0.3 is 0 Å². The highest BCUT2D eigenvalue weighted by atomic mass is 79.9. The van der Waals surface area contributed by atoms with E-state index in [0.29, 0.717) is 26.4 Å². The Bertz CT molecular complexity index is 535. The predicted octanol–water partition coefficient (Wildman–Crippen LogP) is 2.95. The smallest absolute Gasteiger partial charge is 0.272 e. The fourth-order valence-corrected chi connectivity index (χ4v) is 3.22. The summed E-state index contributed by atoms with van der Waals surface area (Å²) in [7, 11) is 0. The maximum atomic E-state index is 12.9. The minimum absolute atomic E-state index is 0.202. The summed E-state index contributed by atoms with van der Waals surface area (Å²) in [6.07, 6.45) is -0.209. The molecule has 128 valence electrons. The first-order chi connectivity index (χ1) is 10.8. The molecule has 0 aliphatic carbocycles. The van der Waals surface area contributed by atoms with E-state index in [-0.39, 0.29) is 19.2 Å². The first-order valence-electron chi connectivity index (χ1n) is 7.58. The number of alkyl halides is 2. The van der Waals surface area contributed by atoms with E-state index in [1.807, 2.05) is 31.2 Å². The third-order valence-electron chi connectivity index (χ3n) is 3.88. The average Bonchev–Trinajstić information content (AvgIpc) is 2.44. The van der Waals surface area contributed by atoms with Gasteiger partial charge in [0.2, 0.25) is 0 Å². The van der Waals surface area contributed by atoms with E-state index in [4.69, 9.17) is 14.2 Å². The van der Waals surface area contributed by atoms with Gasteiger partial charge < -0.3 is 14.2 Å². The first kappa shape index (κ1) is 17.1. The SMILES string of the molecule is C[C@@]1(CN2CC(F)(F)C2)COC[C@@H](COc2ccc(Br)cc2)O1. The Kier molecular flexibility index (Phi) is 4.92. The number of likely N-dealkylation sites (tertiary alicyclic amines) is 1. The predicted molar refractivity (Wildman–Crippen MR) is 85.1 cm³/mol. The van der Waals surface area contributed by atoms with Crippen LogP contribution in [0.25, 0.3) is 0 Å². The molecular formula is C16H20BrF2NO3. The molecule has 0 spiro atoms. The van der Waals surface area contributed by atoms with Crippen molar-refractivity contribution in [1.29, 1.82) is 0 Å². The third-order valence-corrected chi connectivity index (χ3v) is 4.41. The van der Waals surface area contributed by atoms with Gasteiger partial charge in [0, 0.05) is 11.0 Å². The fraction of sp³-hybridized carbons (Fsp3) is 0.625. The van der Waals surface area contributed by atoms with Crippen molar-refractivity contribution in [2.24, 2.45) is 0 Å². The summed E-state index contributed by atoms with van der Waals surface area (Å²) < 4.78 is 44.2. The van der Waals surface area contributed by atoms with E-state index in [9.17, 15) is 8.78 Å². The first-order valence-corrected chi connectivity index (χ1v) is 8.37. The molecule has 0 unspecified atom stereocenters. The Morgan fingerprint density at radius 2 is 2.00 bits per heavy atom. The van der Waals surface area contributed by atoms with Crippen molar-refractivity contribution in [3.8, 4) is 5.75 Å². The molecule has 2 heterocycles. The minimum Gasteiger partial charge on any atom is -0.491 e. The van der Waals surface area contributed by atoms with E-state index < -0.39 is 11.5 Å². The molecule has 0 N–H and O–H groups in total. The molecule has 3 rings (SSSR count). The Morgan fingerprint density at radius 1 is 1.30 bits per heavy atom. The largest absolute Gasteiger partial charge is 0.491 e. The molecule has 2 saturated heterocycles. The number of ether oxygens (including phenoxy) is 3. The van der Waals surface area contributed by atoms with E-state index >= 15 is 0 Å². The van der Waals surface area contributed by atoms with Gasteiger partial charge in [-0.1, -0.05) is 15.9 Å². The Morgan fingerprint density at radius 3 is 2.65 bits per heavy atom. The summed E-state index contributed by atoms with van der Waals surface area (Å²) >= 11 is 3.37. The number of halogens is 3. The van der Waals surface area contributed by atoms with Gasteiger partial charge in [-0.05, 0) is 31.2 Å². The highest BCUT2D eigenvalue weighted by molar-refractivity contribution is 9.10. The Balaban J connectivity index is 1.48. The fourth-order valence-electron chi connectivity index (χ4n) is 2.95. The molecule has 0 saturated carbocycles. The summed E-state index contributed by atoms with van der Waals surface area (Å²) in [6.45, 7) is 3.16. The third kappa shape index (κ3) is 4.62. The molecule has 23 heavy (non-hydrogen) atoms. The van der Waals surface area contributed by atoms with Crippen LogP contribution in [0.15, 0.2) is 28.7 Å². The molecule has 2 aliphatic heterocycles. The highest BCUT2D eigenvalue weighted by Crippen LogP contribution is 2.30. The zero-order chi connectivity index (χ0) is 16.5. The van der Waals surface area contributed by atoms with Crippen molar-refractivity contribution in [3.63, 3.8) is 0 Å². The average molecular weight is 392 g/mol. The lowest BCUT2D eigenvalue weighted by Crippen LogP contribution is -2.62. The van der Waals surface area contributed by atoms with Crippen LogP contribution >= 0.6 is 15.9 Å². The molecule has 0 aromatic heterocycles. The van der Waals surface area contributed by atoms with Crippen LogP contribution in [0.4, 0.5) is 8.78 Å². The molecule has 2 atom stereocenters. The maximum absolute atomic E-state index is 12.9. The highest BCUT2D eigenvalue weighted by Gasteiger charge is 2.47. The van der Waals surface area contributed by atoms with Crippen molar-refractivity contribution in [2.75, 3.05) is 39.5 Å². The van der Waals surface area contributed by atoms with Crippen molar-refractivity contribution in [1.82, 2.24) is 4.90 Å². The van der Waals surface area contributed by atoms with Gasteiger partial charge in [0.1, 0.15) is 24.1 Å². The van der Waals surface area contributed by atoms with Crippen LogP contribution in [0, 0.1) is 0 Å². The maximum Gasteiger partial charge on any atom is 0.272 e. The van der Waals surface area contributed by atoms with E-state index in [1.165, 1.54) is 0 Å². The standard InChI is InChI=1S/C16H20BrF2NO3/c1-15(8-20-9-16(18,19)10-20)11-21-6-14(23-15)7-22-13-4-2-12(17)3-5-13/h2-5,14H,6-11H2,1H3/t14-,15+/m0/s1. The van der Waals surface area contributed by atoms with E-state index in [0.717, 1.165) is 10.2 Å². The van der Waals surface area contributed by atoms with Gasteiger partial charge in [0.05, 0.1) is 26.3 Å². The van der Waals surface area contributed by atoms with Crippen LogP contribution < -0.4 is 4.74 Å². The molecule has 2 fully saturated rings. The molecule has 4 nitrogen and oxygen atoms in total. The second-order valence-electron chi connectivity index (χ2n) is 6.47. The normalized spacial score (nSPS) is 30.7. The van der Waals surface area contributed by atoms with Crippen molar-refractivity contribution in [3.05, 3.63) is 28.7 Å². The molecule has 7 heteroatoms. The van der Waals surface area contributed by atoms with Crippen molar-refractivity contribution < 1.29 is 23.0 Å². The zero-order valence-corrected chi connectivity index (χ0v) is 14.5. The van der Waals surface area contributed by atoms with Crippen molar-refractivity contribution in [2.45, 2.75) is 24.6 Å². The summed E-state index contributed by atoms with van der Waals surface area (Å²) in [5.74, 6) is -1.80. The van der Waals surface area contributed by atoms with Gasteiger partial charge in [-0.15, -0.1) is 0 Å². The monoisotopic (exact) mass is 391 g/mol. The minimum atomic E-state index is -2.56. The quantitative estimate of drug-likeness (QED) is 0.771. The number of hydrogen-bond donors (Lipinski definition) is 0. The summed E-state index contributed by atoms with van der Waals surface area (Å²) in [5, 5.41) is 0. The molecule has 0 radical (unpaired) electrons. The van der Waals surface area contributed by atoms with E-state index in [2.05, 4.69) is 15.9 Å². The zero-order valence-electron chi connectivity index (χ0n) is 12.9. The van der Waals surface area contributed by atoms with Crippen LogP contribution in [0.1, 0.15) is 6.92 Å². The second-order valence-corrected chi connectivity index (χ2v) is 7.39. The lowest BCUT2D eigenvalue weighted by molar-refractivity contribution is -0.222. The molecule has 2 aliphatic rings. The number of hydrogen-bond acceptors (Lipinski definition) is 4. The molecule has 0 bridgehead atoms. The van der Waals surface area contributed by atoms with Crippen LogP contribution in [0.2, 0.25) is 0 Å². The van der Waals surface area contributed by atoms with Gasteiger partial charge in [0.25, 0.3) is 5.92 Å². The van der Waals surface area contributed by atoms with Gasteiger partial charge in [-0.3, -0.25) is 4.90 Å². The van der Waals surface area contributed by atoms with Gasteiger partial charge in [-0.2, -0.15) is 0 Å².